The van der Waals surface area contributed by atoms with E-state index in [0.717, 1.165) is 10.0 Å². The summed E-state index contributed by atoms with van der Waals surface area (Å²) in [5, 5.41) is 2.90. The molecule has 1 aromatic carbocycles. The maximum absolute atomic E-state index is 11.0. The van der Waals surface area contributed by atoms with E-state index < -0.39 is 0 Å². The first-order valence-corrected chi connectivity index (χ1v) is 5.26. The van der Waals surface area contributed by atoms with Crippen LogP contribution in [0.3, 0.4) is 0 Å². The monoisotopic (exact) mass is 255 g/mol. The minimum Gasteiger partial charge on any atom is -0.347 e. The lowest BCUT2D eigenvalue weighted by atomic mass is 9.94. The number of rotatable bonds is 2. The fourth-order valence-electron chi connectivity index (χ4n) is 1.38. The Morgan fingerprint density at radius 1 is 1.29 bits per heavy atom. The fourth-order valence-corrected chi connectivity index (χ4v) is 1.64. The van der Waals surface area contributed by atoms with Crippen LogP contribution >= 0.6 is 15.9 Å². The molecule has 1 rings (SSSR count). The molecule has 3 heteroatoms. The Bertz CT molecular complexity index is 330. The van der Waals surface area contributed by atoms with Crippen LogP contribution in [0.2, 0.25) is 0 Å². The van der Waals surface area contributed by atoms with Crippen molar-refractivity contribution < 1.29 is 4.79 Å². The summed E-state index contributed by atoms with van der Waals surface area (Å²) in [5.41, 5.74) is 0.780. The van der Waals surface area contributed by atoms with Crippen molar-refractivity contribution in [1.29, 1.82) is 0 Å². The molecule has 0 aliphatic rings. The molecule has 1 N–H and O–H groups in total. The van der Waals surface area contributed by atoms with Crippen molar-refractivity contribution in [2.24, 2.45) is 0 Å². The molecule has 76 valence electrons. The van der Waals surface area contributed by atoms with Crippen molar-refractivity contribution >= 4 is 21.8 Å². The Hall–Kier alpha value is -0.830. The third-order valence-electron chi connectivity index (χ3n) is 2.05. The number of halogens is 1. The molecular formula is C11H14BrNO. The Morgan fingerprint density at radius 2 is 1.79 bits per heavy atom. The molecule has 0 fully saturated rings. The van der Waals surface area contributed by atoms with Gasteiger partial charge in [0, 0.05) is 11.4 Å². The molecule has 0 unspecified atom stereocenters. The minimum atomic E-state index is -0.313. The van der Waals surface area contributed by atoms with Gasteiger partial charge in [0.05, 0.1) is 5.54 Å². The van der Waals surface area contributed by atoms with E-state index in [4.69, 9.17) is 0 Å². The predicted octanol–water partition coefficient (Wildman–Crippen LogP) is 2.82. The number of hydrogen-bond donors (Lipinski definition) is 1. The lowest BCUT2D eigenvalue weighted by Gasteiger charge is -2.26. The van der Waals surface area contributed by atoms with E-state index >= 15 is 0 Å². The number of hydrogen-bond acceptors (Lipinski definition) is 1. The fraction of sp³-hybridized carbons (Fsp3) is 0.364. The van der Waals surface area contributed by atoms with Gasteiger partial charge in [-0.3, -0.25) is 4.79 Å². The molecule has 1 amide bonds. The molecule has 0 radical (unpaired) electrons. The Labute approximate surface area is 92.8 Å². The summed E-state index contributed by atoms with van der Waals surface area (Å²) in [7, 11) is 0. The van der Waals surface area contributed by atoms with E-state index in [1.54, 1.807) is 0 Å². The zero-order chi connectivity index (χ0) is 10.8. The van der Waals surface area contributed by atoms with E-state index in [1.165, 1.54) is 6.92 Å². The first kappa shape index (κ1) is 11.2. The highest BCUT2D eigenvalue weighted by atomic mass is 79.9. The van der Waals surface area contributed by atoms with Gasteiger partial charge in [-0.25, -0.2) is 0 Å². The summed E-state index contributed by atoms with van der Waals surface area (Å²) in [6.45, 7) is 5.50. The van der Waals surface area contributed by atoms with E-state index in [2.05, 4.69) is 21.2 Å². The van der Waals surface area contributed by atoms with Crippen molar-refractivity contribution in [2.45, 2.75) is 26.3 Å². The highest BCUT2D eigenvalue weighted by molar-refractivity contribution is 9.10. The minimum absolute atomic E-state index is 0.0158. The normalized spacial score (nSPS) is 11.1. The molecule has 1 aromatic rings. The number of nitrogens with one attached hydrogen (secondary N) is 1. The molecule has 0 saturated carbocycles. The summed E-state index contributed by atoms with van der Waals surface area (Å²) in [5.74, 6) is -0.0158. The van der Waals surface area contributed by atoms with Crippen molar-refractivity contribution in [1.82, 2.24) is 5.32 Å². The Kier molecular flexibility index (Phi) is 3.32. The lowest BCUT2D eigenvalue weighted by molar-refractivity contribution is -0.120. The summed E-state index contributed by atoms with van der Waals surface area (Å²) >= 11 is 3.38. The van der Waals surface area contributed by atoms with Gasteiger partial charge in [-0.05, 0) is 31.5 Å². The third-order valence-corrected chi connectivity index (χ3v) is 2.58. The predicted molar refractivity (Wildman–Crippen MR) is 61.0 cm³/mol. The van der Waals surface area contributed by atoms with E-state index in [1.807, 2.05) is 38.1 Å². The number of carbonyl (C=O) groups is 1. The molecule has 0 spiro atoms. The lowest BCUT2D eigenvalue weighted by Crippen LogP contribution is -2.39. The van der Waals surface area contributed by atoms with Crippen molar-refractivity contribution in [3.8, 4) is 0 Å². The maximum Gasteiger partial charge on any atom is 0.217 e. The molecule has 0 aliphatic heterocycles. The molecule has 0 aliphatic carbocycles. The SMILES string of the molecule is CC(=O)NC(C)(C)c1ccc(Br)cc1. The van der Waals surface area contributed by atoms with Gasteiger partial charge < -0.3 is 5.32 Å². The zero-order valence-electron chi connectivity index (χ0n) is 8.60. The van der Waals surface area contributed by atoms with Gasteiger partial charge in [-0.2, -0.15) is 0 Å². The second kappa shape index (κ2) is 4.13. The van der Waals surface area contributed by atoms with Crippen LogP contribution in [0, 0.1) is 0 Å². The number of amides is 1. The molecule has 2 nitrogen and oxygen atoms in total. The topological polar surface area (TPSA) is 29.1 Å². The smallest absolute Gasteiger partial charge is 0.217 e. The molecule has 0 saturated heterocycles. The van der Waals surface area contributed by atoms with E-state index in [0.29, 0.717) is 0 Å². The maximum atomic E-state index is 11.0. The van der Waals surface area contributed by atoms with Gasteiger partial charge in [-0.15, -0.1) is 0 Å². The van der Waals surface area contributed by atoms with Crippen LogP contribution in [0.4, 0.5) is 0 Å². The zero-order valence-corrected chi connectivity index (χ0v) is 10.2. The van der Waals surface area contributed by atoms with Crippen LogP contribution in [-0.4, -0.2) is 5.91 Å². The van der Waals surface area contributed by atoms with Crippen molar-refractivity contribution in [3.63, 3.8) is 0 Å². The molecule has 0 bridgehead atoms. The second-order valence-electron chi connectivity index (χ2n) is 3.81. The third kappa shape index (κ3) is 2.84. The molecule has 0 aromatic heterocycles. The van der Waals surface area contributed by atoms with Crippen LogP contribution in [0.5, 0.6) is 0 Å². The van der Waals surface area contributed by atoms with Gasteiger partial charge in [0.15, 0.2) is 0 Å². The van der Waals surface area contributed by atoms with Crippen LogP contribution in [0.25, 0.3) is 0 Å². The summed E-state index contributed by atoms with van der Waals surface area (Å²) < 4.78 is 1.04. The van der Waals surface area contributed by atoms with Crippen molar-refractivity contribution in [2.75, 3.05) is 0 Å². The van der Waals surface area contributed by atoms with Crippen LogP contribution < -0.4 is 5.32 Å². The quantitative estimate of drug-likeness (QED) is 0.866. The second-order valence-corrected chi connectivity index (χ2v) is 4.73. The molecule has 0 heterocycles. The summed E-state index contributed by atoms with van der Waals surface area (Å²) in [6, 6.07) is 7.94. The van der Waals surface area contributed by atoms with Gasteiger partial charge >= 0.3 is 0 Å². The highest BCUT2D eigenvalue weighted by Crippen LogP contribution is 2.21. The standard InChI is InChI=1S/C11H14BrNO/c1-8(14)13-11(2,3)9-4-6-10(12)7-5-9/h4-7H,1-3H3,(H,13,14). The first-order chi connectivity index (χ1) is 6.42. The van der Waals surface area contributed by atoms with Gasteiger partial charge in [0.25, 0.3) is 0 Å². The molecule has 14 heavy (non-hydrogen) atoms. The van der Waals surface area contributed by atoms with E-state index in [-0.39, 0.29) is 11.4 Å². The number of carbonyl (C=O) groups excluding carboxylic acids is 1. The average Bonchev–Trinajstić information content (AvgIpc) is 2.02. The number of benzene rings is 1. The Balaban J connectivity index is 2.91. The van der Waals surface area contributed by atoms with E-state index in [9.17, 15) is 4.79 Å². The summed E-state index contributed by atoms with van der Waals surface area (Å²) in [4.78, 5) is 11.0. The van der Waals surface area contributed by atoms with Crippen molar-refractivity contribution in [3.05, 3.63) is 34.3 Å². The molecule has 0 atom stereocenters. The van der Waals surface area contributed by atoms with Crippen LogP contribution in [0.15, 0.2) is 28.7 Å². The first-order valence-electron chi connectivity index (χ1n) is 4.46. The van der Waals surface area contributed by atoms with Gasteiger partial charge in [-0.1, -0.05) is 28.1 Å². The van der Waals surface area contributed by atoms with Crippen LogP contribution in [0.1, 0.15) is 26.3 Å². The molecular weight excluding hydrogens is 242 g/mol. The Morgan fingerprint density at radius 3 is 2.21 bits per heavy atom. The van der Waals surface area contributed by atoms with Crippen LogP contribution in [-0.2, 0) is 10.3 Å². The van der Waals surface area contributed by atoms with Gasteiger partial charge in [0.1, 0.15) is 0 Å². The van der Waals surface area contributed by atoms with Gasteiger partial charge in [0.2, 0.25) is 5.91 Å². The summed E-state index contributed by atoms with van der Waals surface area (Å²) in [6.07, 6.45) is 0. The highest BCUT2D eigenvalue weighted by Gasteiger charge is 2.20. The average molecular weight is 256 g/mol. The largest absolute Gasteiger partial charge is 0.347 e.